The summed E-state index contributed by atoms with van der Waals surface area (Å²) < 4.78 is 0. The van der Waals surface area contributed by atoms with Crippen LogP contribution in [0.4, 0.5) is 0 Å². The Morgan fingerprint density at radius 2 is 1.94 bits per heavy atom. The Bertz CT molecular complexity index is 322. The molecule has 2 fully saturated rings. The number of thioether (sulfide) groups is 1. The summed E-state index contributed by atoms with van der Waals surface area (Å²) in [5.74, 6) is 2.03. The van der Waals surface area contributed by atoms with Crippen molar-refractivity contribution in [3.63, 3.8) is 0 Å². The Labute approximate surface area is 112 Å². The van der Waals surface area contributed by atoms with E-state index in [0.29, 0.717) is 12.3 Å². The highest BCUT2D eigenvalue weighted by Crippen LogP contribution is 2.35. The zero-order valence-electron chi connectivity index (χ0n) is 10.6. The summed E-state index contributed by atoms with van der Waals surface area (Å²) in [6, 6.07) is 0. The van der Waals surface area contributed by atoms with Gasteiger partial charge in [-0.1, -0.05) is 0 Å². The van der Waals surface area contributed by atoms with Gasteiger partial charge in [-0.15, -0.1) is 0 Å². The molecule has 5 heteroatoms. The van der Waals surface area contributed by atoms with Crippen LogP contribution in [0.5, 0.6) is 0 Å². The zero-order chi connectivity index (χ0) is 13.0. The number of hydrogen-bond acceptors (Lipinski definition) is 3. The molecule has 0 atom stereocenters. The summed E-state index contributed by atoms with van der Waals surface area (Å²) >= 11 is 1.95. The molecular formula is C13H21NO3S. The first-order valence-electron chi connectivity index (χ1n) is 6.70. The van der Waals surface area contributed by atoms with Crippen LogP contribution >= 0.6 is 11.8 Å². The van der Waals surface area contributed by atoms with E-state index in [0.717, 1.165) is 43.6 Å². The average Bonchev–Trinajstić information content (AvgIpc) is 2.26. The van der Waals surface area contributed by atoms with E-state index in [1.165, 1.54) is 0 Å². The molecule has 1 saturated carbocycles. The highest BCUT2D eigenvalue weighted by Gasteiger charge is 2.40. The molecule has 0 aromatic carbocycles. The van der Waals surface area contributed by atoms with Gasteiger partial charge >= 0.3 is 5.97 Å². The fourth-order valence-corrected chi connectivity index (χ4v) is 4.00. The molecule has 0 spiro atoms. The third kappa shape index (κ3) is 3.64. The SMILES string of the molecule is O=C(O)CC1(NC(=O)CC2CCSCC2)CCC1. The van der Waals surface area contributed by atoms with Crippen LogP contribution in [-0.4, -0.2) is 34.0 Å². The first-order chi connectivity index (χ1) is 8.60. The maximum absolute atomic E-state index is 12.0. The molecular weight excluding hydrogens is 250 g/mol. The molecule has 1 aliphatic carbocycles. The molecule has 0 aromatic rings. The molecule has 0 unspecified atom stereocenters. The number of hydrogen-bond donors (Lipinski definition) is 2. The number of carbonyl (C=O) groups excluding carboxylic acids is 1. The average molecular weight is 271 g/mol. The Balaban J connectivity index is 1.80. The van der Waals surface area contributed by atoms with Crippen molar-refractivity contribution in [2.45, 2.75) is 50.5 Å². The lowest BCUT2D eigenvalue weighted by molar-refractivity contribution is -0.140. The van der Waals surface area contributed by atoms with E-state index in [2.05, 4.69) is 5.32 Å². The Morgan fingerprint density at radius 1 is 1.28 bits per heavy atom. The van der Waals surface area contributed by atoms with Gasteiger partial charge in [-0.3, -0.25) is 9.59 Å². The predicted molar refractivity (Wildman–Crippen MR) is 71.6 cm³/mol. The first kappa shape index (κ1) is 13.7. The maximum atomic E-state index is 12.0. The lowest BCUT2D eigenvalue weighted by Crippen LogP contribution is -2.55. The second-order valence-electron chi connectivity index (χ2n) is 5.51. The predicted octanol–water partition coefficient (Wildman–Crippen LogP) is 2.03. The third-order valence-electron chi connectivity index (χ3n) is 4.02. The minimum Gasteiger partial charge on any atom is -0.481 e. The van der Waals surface area contributed by atoms with Gasteiger partial charge in [-0.2, -0.15) is 11.8 Å². The van der Waals surface area contributed by atoms with Gasteiger partial charge in [-0.25, -0.2) is 0 Å². The minimum atomic E-state index is -0.816. The minimum absolute atomic E-state index is 0.0489. The standard InChI is InChI=1S/C13H21NO3S/c15-11(8-10-2-6-18-7-3-10)14-13(4-1-5-13)9-12(16)17/h10H,1-9H2,(H,14,15)(H,16,17). The number of carbonyl (C=O) groups is 2. The molecule has 1 aliphatic heterocycles. The molecule has 1 saturated heterocycles. The molecule has 18 heavy (non-hydrogen) atoms. The molecule has 2 rings (SSSR count). The highest BCUT2D eigenvalue weighted by atomic mass is 32.2. The number of nitrogens with one attached hydrogen (secondary N) is 1. The van der Waals surface area contributed by atoms with Crippen molar-refractivity contribution in [2.24, 2.45) is 5.92 Å². The second kappa shape index (κ2) is 5.95. The van der Waals surface area contributed by atoms with Gasteiger partial charge in [0.1, 0.15) is 0 Å². The van der Waals surface area contributed by atoms with Crippen LogP contribution in [0.3, 0.4) is 0 Å². The summed E-state index contributed by atoms with van der Waals surface area (Å²) in [7, 11) is 0. The van der Waals surface area contributed by atoms with Gasteiger partial charge in [-0.05, 0) is 49.5 Å². The van der Waals surface area contributed by atoms with E-state index in [1.807, 2.05) is 11.8 Å². The quantitative estimate of drug-likeness (QED) is 0.803. The van der Waals surface area contributed by atoms with E-state index in [1.54, 1.807) is 0 Å². The van der Waals surface area contributed by atoms with E-state index >= 15 is 0 Å². The number of aliphatic carboxylic acids is 1. The maximum Gasteiger partial charge on any atom is 0.305 e. The van der Waals surface area contributed by atoms with Gasteiger partial charge in [0.25, 0.3) is 0 Å². The van der Waals surface area contributed by atoms with Crippen LogP contribution in [0.15, 0.2) is 0 Å². The van der Waals surface area contributed by atoms with E-state index < -0.39 is 11.5 Å². The van der Waals surface area contributed by atoms with Crippen LogP contribution in [0.2, 0.25) is 0 Å². The van der Waals surface area contributed by atoms with Crippen molar-refractivity contribution in [3.05, 3.63) is 0 Å². The van der Waals surface area contributed by atoms with Crippen LogP contribution in [0.1, 0.15) is 44.9 Å². The molecule has 1 amide bonds. The fraction of sp³-hybridized carbons (Fsp3) is 0.846. The molecule has 4 nitrogen and oxygen atoms in total. The summed E-state index contributed by atoms with van der Waals surface area (Å²) in [6.07, 6.45) is 5.51. The molecule has 102 valence electrons. The lowest BCUT2D eigenvalue weighted by atomic mass is 9.74. The van der Waals surface area contributed by atoms with Gasteiger partial charge in [0.05, 0.1) is 12.0 Å². The zero-order valence-corrected chi connectivity index (χ0v) is 11.4. The summed E-state index contributed by atoms with van der Waals surface area (Å²) in [4.78, 5) is 22.8. The number of carboxylic acid groups (broad SMARTS) is 1. The molecule has 2 N–H and O–H groups in total. The smallest absolute Gasteiger partial charge is 0.305 e. The Morgan fingerprint density at radius 3 is 2.44 bits per heavy atom. The Kier molecular flexibility index (Phi) is 4.54. The van der Waals surface area contributed by atoms with Gasteiger partial charge in [0.15, 0.2) is 0 Å². The fourth-order valence-electron chi connectivity index (χ4n) is 2.80. The molecule has 0 bridgehead atoms. The van der Waals surface area contributed by atoms with Crippen molar-refractivity contribution in [2.75, 3.05) is 11.5 Å². The van der Waals surface area contributed by atoms with Crippen molar-refractivity contribution in [1.29, 1.82) is 0 Å². The van der Waals surface area contributed by atoms with Gasteiger partial charge in [0.2, 0.25) is 5.91 Å². The van der Waals surface area contributed by atoms with Gasteiger partial charge < -0.3 is 10.4 Å². The van der Waals surface area contributed by atoms with Crippen molar-refractivity contribution < 1.29 is 14.7 Å². The largest absolute Gasteiger partial charge is 0.481 e. The van der Waals surface area contributed by atoms with Crippen LogP contribution in [-0.2, 0) is 9.59 Å². The summed E-state index contributed by atoms with van der Waals surface area (Å²) in [5, 5.41) is 11.9. The molecule has 0 aromatic heterocycles. The van der Waals surface area contributed by atoms with Crippen LogP contribution in [0, 0.1) is 5.92 Å². The van der Waals surface area contributed by atoms with Crippen LogP contribution in [0.25, 0.3) is 0 Å². The van der Waals surface area contributed by atoms with E-state index in [-0.39, 0.29) is 12.3 Å². The summed E-state index contributed by atoms with van der Waals surface area (Å²) in [6.45, 7) is 0. The number of amides is 1. The first-order valence-corrected chi connectivity index (χ1v) is 7.86. The second-order valence-corrected chi connectivity index (χ2v) is 6.74. The van der Waals surface area contributed by atoms with E-state index in [4.69, 9.17) is 5.11 Å². The number of carboxylic acids is 1. The Hall–Kier alpha value is -0.710. The topological polar surface area (TPSA) is 66.4 Å². The normalized spacial score (nSPS) is 23.1. The highest BCUT2D eigenvalue weighted by molar-refractivity contribution is 7.99. The molecule has 1 heterocycles. The van der Waals surface area contributed by atoms with Crippen molar-refractivity contribution >= 4 is 23.6 Å². The summed E-state index contributed by atoms with van der Waals surface area (Å²) in [5.41, 5.74) is -0.438. The molecule has 2 aliphatic rings. The lowest BCUT2D eigenvalue weighted by Gasteiger charge is -2.41. The van der Waals surface area contributed by atoms with Crippen molar-refractivity contribution in [3.8, 4) is 0 Å². The number of rotatable bonds is 5. The third-order valence-corrected chi connectivity index (χ3v) is 5.07. The monoisotopic (exact) mass is 271 g/mol. The van der Waals surface area contributed by atoms with E-state index in [9.17, 15) is 9.59 Å². The molecule has 0 radical (unpaired) electrons. The van der Waals surface area contributed by atoms with Crippen molar-refractivity contribution in [1.82, 2.24) is 5.32 Å². The van der Waals surface area contributed by atoms with Crippen LogP contribution < -0.4 is 5.32 Å². The van der Waals surface area contributed by atoms with Gasteiger partial charge in [0, 0.05) is 6.42 Å².